The molecular formula is C14H12FN3OS. The third-order valence-corrected chi connectivity index (χ3v) is 3.81. The lowest BCUT2D eigenvalue weighted by atomic mass is 10.3. The van der Waals surface area contributed by atoms with E-state index in [2.05, 4.69) is 10.3 Å². The Hall–Kier alpha value is -2.21. The summed E-state index contributed by atoms with van der Waals surface area (Å²) in [6.07, 6.45) is 1.53. The molecule has 3 rings (SSSR count). The summed E-state index contributed by atoms with van der Waals surface area (Å²) >= 11 is 1.44. The minimum absolute atomic E-state index is 0.0633. The summed E-state index contributed by atoms with van der Waals surface area (Å²) in [5.74, 6) is -0.300. The molecule has 0 bridgehead atoms. The van der Waals surface area contributed by atoms with Gasteiger partial charge in [-0.25, -0.2) is 9.37 Å². The smallest absolute Gasteiger partial charge is 0.262 e. The highest BCUT2D eigenvalue weighted by atomic mass is 32.1. The minimum Gasteiger partial charge on any atom is -0.381 e. The minimum atomic E-state index is -0.300. The zero-order valence-electron chi connectivity index (χ0n) is 10.5. The van der Waals surface area contributed by atoms with Gasteiger partial charge in [0.15, 0.2) is 0 Å². The van der Waals surface area contributed by atoms with Crippen molar-refractivity contribution in [1.29, 1.82) is 0 Å². The molecule has 0 atom stereocenters. The Bertz CT molecular complexity index is 796. The van der Waals surface area contributed by atoms with Gasteiger partial charge in [0, 0.05) is 13.1 Å². The maximum Gasteiger partial charge on any atom is 0.262 e. The molecule has 0 aliphatic rings. The number of nitrogens with zero attached hydrogens (tertiary/aromatic N) is 2. The fraction of sp³-hybridized carbons (Fsp3) is 0.143. The third kappa shape index (κ3) is 2.42. The van der Waals surface area contributed by atoms with Gasteiger partial charge < -0.3 is 5.32 Å². The number of benzene rings is 1. The topological polar surface area (TPSA) is 46.9 Å². The predicted octanol–water partition coefficient (Wildman–Crippen LogP) is 2.71. The molecule has 0 aliphatic carbocycles. The van der Waals surface area contributed by atoms with Crippen LogP contribution in [-0.4, -0.2) is 16.1 Å². The summed E-state index contributed by atoms with van der Waals surface area (Å²) in [5, 5.41) is 5.45. The van der Waals surface area contributed by atoms with Crippen LogP contribution >= 0.6 is 11.3 Å². The highest BCUT2D eigenvalue weighted by Gasteiger charge is 2.05. The van der Waals surface area contributed by atoms with Crippen molar-refractivity contribution in [2.75, 3.05) is 11.9 Å². The van der Waals surface area contributed by atoms with Gasteiger partial charge in [0.1, 0.15) is 10.6 Å². The zero-order chi connectivity index (χ0) is 13.9. The number of nitrogens with one attached hydrogen (secondary N) is 1. The fourth-order valence-electron chi connectivity index (χ4n) is 1.97. The molecule has 0 spiro atoms. The molecule has 6 heteroatoms. The first-order valence-electron chi connectivity index (χ1n) is 6.17. The molecule has 1 aromatic carbocycles. The molecule has 0 fully saturated rings. The number of para-hydroxylation sites is 1. The number of anilines is 1. The molecule has 20 heavy (non-hydrogen) atoms. The molecule has 102 valence electrons. The van der Waals surface area contributed by atoms with E-state index in [1.54, 1.807) is 24.3 Å². The third-order valence-electron chi connectivity index (χ3n) is 2.99. The number of thiophene rings is 1. The van der Waals surface area contributed by atoms with Gasteiger partial charge >= 0.3 is 0 Å². The number of fused-ring (bicyclic) bond motifs is 1. The van der Waals surface area contributed by atoms with E-state index in [9.17, 15) is 9.18 Å². The number of rotatable bonds is 4. The van der Waals surface area contributed by atoms with Crippen LogP contribution in [0.2, 0.25) is 0 Å². The molecule has 4 nitrogen and oxygen atoms in total. The highest BCUT2D eigenvalue weighted by molar-refractivity contribution is 7.16. The summed E-state index contributed by atoms with van der Waals surface area (Å²) in [4.78, 5) is 17.1. The van der Waals surface area contributed by atoms with Crippen LogP contribution in [0.25, 0.3) is 10.2 Å². The van der Waals surface area contributed by atoms with Crippen molar-refractivity contribution in [3.63, 3.8) is 0 Å². The molecule has 0 unspecified atom stereocenters. The molecule has 0 aliphatic heterocycles. The van der Waals surface area contributed by atoms with Gasteiger partial charge in [-0.3, -0.25) is 9.36 Å². The van der Waals surface area contributed by atoms with Crippen LogP contribution in [0.1, 0.15) is 0 Å². The van der Waals surface area contributed by atoms with Crippen LogP contribution in [0.4, 0.5) is 10.1 Å². The highest BCUT2D eigenvalue weighted by Crippen LogP contribution is 2.14. The van der Waals surface area contributed by atoms with E-state index >= 15 is 0 Å². The van der Waals surface area contributed by atoms with E-state index in [4.69, 9.17) is 0 Å². The van der Waals surface area contributed by atoms with Gasteiger partial charge in [0.25, 0.3) is 5.56 Å². The molecule has 2 aromatic heterocycles. The predicted molar refractivity (Wildman–Crippen MR) is 78.8 cm³/mol. The summed E-state index contributed by atoms with van der Waals surface area (Å²) < 4.78 is 14.9. The average Bonchev–Trinajstić information content (AvgIpc) is 2.93. The Labute approximate surface area is 118 Å². The summed E-state index contributed by atoms with van der Waals surface area (Å²) in [5.41, 5.74) is 0.372. The van der Waals surface area contributed by atoms with Gasteiger partial charge in [-0.1, -0.05) is 12.1 Å². The lowest BCUT2D eigenvalue weighted by Crippen LogP contribution is -2.23. The number of hydrogen-bond donors (Lipinski definition) is 1. The monoisotopic (exact) mass is 289 g/mol. The molecule has 0 radical (unpaired) electrons. The Morgan fingerprint density at radius 2 is 2.15 bits per heavy atom. The number of aromatic nitrogens is 2. The largest absolute Gasteiger partial charge is 0.381 e. The summed E-state index contributed by atoms with van der Waals surface area (Å²) in [7, 11) is 0. The van der Waals surface area contributed by atoms with E-state index < -0.39 is 0 Å². The first kappa shape index (κ1) is 12.8. The molecule has 2 heterocycles. The fourth-order valence-corrected chi connectivity index (χ4v) is 2.69. The Kier molecular flexibility index (Phi) is 3.47. The standard InChI is InChI=1S/C14H12FN3OS/c15-11-3-1-2-4-12(11)16-6-7-18-9-17-13-10(14(18)19)5-8-20-13/h1-5,8-9,16H,6-7H2. The van der Waals surface area contributed by atoms with E-state index in [0.29, 0.717) is 24.2 Å². The van der Waals surface area contributed by atoms with Gasteiger partial charge in [0.05, 0.1) is 17.4 Å². The summed E-state index contributed by atoms with van der Waals surface area (Å²) in [6.45, 7) is 0.893. The van der Waals surface area contributed by atoms with E-state index in [1.165, 1.54) is 28.3 Å². The molecule has 0 amide bonds. The van der Waals surface area contributed by atoms with Gasteiger partial charge in [-0.15, -0.1) is 11.3 Å². The number of hydrogen-bond acceptors (Lipinski definition) is 4. The van der Waals surface area contributed by atoms with Gasteiger partial charge in [0.2, 0.25) is 0 Å². The van der Waals surface area contributed by atoms with Crippen molar-refractivity contribution >= 4 is 27.2 Å². The van der Waals surface area contributed by atoms with Crippen LogP contribution < -0.4 is 10.9 Å². The van der Waals surface area contributed by atoms with Gasteiger partial charge in [-0.05, 0) is 23.6 Å². The van der Waals surface area contributed by atoms with Crippen molar-refractivity contribution < 1.29 is 4.39 Å². The lowest BCUT2D eigenvalue weighted by molar-refractivity contribution is 0.626. The van der Waals surface area contributed by atoms with E-state index in [-0.39, 0.29) is 11.4 Å². The van der Waals surface area contributed by atoms with Crippen molar-refractivity contribution in [2.24, 2.45) is 0 Å². The van der Waals surface area contributed by atoms with Crippen LogP contribution in [0.15, 0.2) is 46.8 Å². The van der Waals surface area contributed by atoms with Crippen LogP contribution in [0.3, 0.4) is 0 Å². The first-order chi connectivity index (χ1) is 9.75. The normalized spacial score (nSPS) is 10.8. The Morgan fingerprint density at radius 3 is 3.00 bits per heavy atom. The van der Waals surface area contributed by atoms with Gasteiger partial charge in [-0.2, -0.15) is 0 Å². The average molecular weight is 289 g/mol. The molecule has 0 saturated heterocycles. The van der Waals surface area contributed by atoms with Crippen molar-refractivity contribution in [1.82, 2.24) is 9.55 Å². The number of halogens is 1. The van der Waals surface area contributed by atoms with E-state index in [1.807, 2.05) is 5.38 Å². The quantitative estimate of drug-likeness (QED) is 0.803. The SMILES string of the molecule is O=c1c2ccsc2ncn1CCNc1ccccc1F. The zero-order valence-corrected chi connectivity index (χ0v) is 11.4. The van der Waals surface area contributed by atoms with Crippen molar-refractivity contribution in [2.45, 2.75) is 6.54 Å². The second-order valence-corrected chi connectivity index (χ2v) is 5.18. The Balaban J connectivity index is 1.73. The molecule has 0 saturated carbocycles. The Morgan fingerprint density at radius 1 is 1.30 bits per heavy atom. The molecular weight excluding hydrogens is 277 g/mol. The second kappa shape index (κ2) is 5.42. The van der Waals surface area contributed by atoms with E-state index in [0.717, 1.165) is 4.83 Å². The second-order valence-electron chi connectivity index (χ2n) is 4.29. The first-order valence-corrected chi connectivity index (χ1v) is 7.05. The molecule has 3 aromatic rings. The van der Waals surface area contributed by atoms with Crippen LogP contribution in [0, 0.1) is 5.82 Å². The van der Waals surface area contributed by atoms with Crippen LogP contribution in [0.5, 0.6) is 0 Å². The van der Waals surface area contributed by atoms with Crippen LogP contribution in [-0.2, 0) is 6.54 Å². The van der Waals surface area contributed by atoms with Crippen molar-refractivity contribution in [3.8, 4) is 0 Å². The maximum atomic E-state index is 13.4. The summed E-state index contributed by atoms with van der Waals surface area (Å²) in [6, 6.07) is 8.23. The molecule has 1 N–H and O–H groups in total. The maximum absolute atomic E-state index is 13.4. The van der Waals surface area contributed by atoms with Crippen molar-refractivity contribution in [3.05, 3.63) is 58.2 Å². The lowest BCUT2D eigenvalue weighted by Gasteiger charge is -2.08.